The first-order chi connectivity index (χ1) is 13.7. The highest BCUT2D eigenvalue weighted by molar-refractivity contribution is 6.10. The number of aromatic amines is 1. The number of benzene rings is 3. The van der Waals surface area contributed by atoms with Gasteiger partial charge in [0.15, 0.2) is 0 Å². The molecule has 3 N–H and O–H groups in total. The van der Waals surface area contributed by atoms with Crippen LogP contribution in [0.25, 0.3) is 22.2 Å². The zero-order valence-corrected chi connectivity index (χ0v) is 15.7. The van der Waals surface area contributed by atoms with E-state index in [4.69, 9.17) is 4.74 Å². The Morgan fingerprint density at radius 2 is 1.61 bits per heavy atom. The molecule has 0 saturated carbocycles. The molecule has 0 aliphatic rings. The molecule has 140 valence electrons. The van der Waals surface area contributed by atoms with E-state index < -0.39 is 0 Å². The van der Waals surface area contributed by atoms with Crippen molar-refractivity contribution >= 4 is 28.3 Å². The van der Waals surface area contributed by atoms with E-state index in [1.54, 1.807) is 19.2 Å². The van der Waals surface area contributed by atoms with Crippen LogP contribution in [-0.4, -0.2) is 18.1 Å². The third-order valence-corrected chi connectivity index (χ3v) is 4.64. The summed E-state index contributed by atoms with van der Waals surface area (Å²) in [5.74, 6) is 0.607. The first-order valence-corrected chi connectivity index (χ1v) is 9.04. The summed E-state index contributed by atoms with van der Waals surface area (Å²) in [5, 5.41) is 6.82. The van der Waals surface area contributed by atoms with Gasteiger partial charge in [0.25, 0.3) is 0 Å². The van der Waals surface area contributed by atoms with Crippen LogP contribution in [0.2, 0.25) is 0 Å². The summed E-state index contributed by atoms with van der Waals surface area (Å²) >= 11 is 0. The predicted octanol–water partition coefficient (Wildman–Crippen LogP) is 5.80. The molecule has 5 nitrogen and oxygen atoms in total. The number of aryl methyl sites for hydroxylation is 1. The van der Waals surface area contributed by atoms with E-state index in [0.717, 1.165) is 27.8 Å². The third-order valence-electron chi connectivity index (χ3n) is 4.64. The minimum Gasteiger partial charge on any atom is -0.495 e. The van der Waals surface area contributed by atoms with Crippen LogP contribution in [0, 0.1) is 6.92 Å². The van der Waals surface area contributed by atoms with Gasteiger partial charge in [0.1, 0.15) is 5.75 Å². The lowest BCUT2D eigenvalue weighted by molar-refractivity contribution is 0.262. The smallest absolute Gasteiger partial charge is 0.323 e. The number of aromatic nitrogens is 1. The molecule has 5 heteroatoms. The van der Waals surface area contributed by atoms with E-state index in [1.165, 1.54) is 5.56 Å². The predicted molar refractivity (Wildman–Crippen MR) is 114 cm³/mol. The molecule has 0 saturated heterocycles. The van der Waals surface area contributed by atoms with E-state index in [2.05, 4.69) is 34.7 Å². The standard InChI is InChI=1S/C23H21N3O2/c1-15-11-13-16(14-12-15)21-22(17-7-3-4-8-18(17)24-21)26-23(27)25-19-9-5-6-10-20(19)28-2/h3-14,24H,1-2H3,(H2,25,26,27). The first-order valence-electron chi connectivity index (χ1n) is 9.04. The number of H-pyrrole nitrogens is 1. The molecule has 0 aliphatic carbocycles. The number of amides is 2. The first kappa shape index (κ1) is 17.7. The topological polar surface area (TPSA) is 66.2 Å². The largest absolute Gasteiger partial charge is 0.495 e. The van der Waals surface area contributed by atoms with Crippen molar-refractivity contribution in [3.8, 4) is 17.0 Å². The average molecular weight is 371 g/mol. The van der Waals surface area contributed by atoms with E-state index in [-0.39, 0.29) is 6.03 Å². The Labute approximate surface area is 163 Å². The number of carbonyl (C=O) groups excluding carboxylic acids is 1. The Bertz CT molecular complexity index is 1130. The fourth-order valence-electron chi connectivity index (χ4n) is 3.22. The van der Waals surface area contributed by atoms with Crippen LogP contribution in [0.3, 0.4) is 0 Å². The number of anilines is 2. The van der Waals surface area contributed by atoms with Gasteiger partial charge in [-0.25, -0.2) is 4.79 Å². The summed E-state index contributed by atoms with van der Waals surface area (Å²) < 4.78 is 5.31. The number of hydrogen-bond donors (Lipinski definition) is 3. The highest BCUT2D eigenvalue weighted by Crippen LogP contribution is 2.35. The maximum Gasteiger partial charge on any atom is 0.323 e. The van der Waals surface area contributed by atoms with E-state index in [0.29, 0.717) is 11.4 Å². The molecule has 2 amide bonds. The zero-order valence-electron chi connectivity index (χ0n) is 15.7. The summed E-state index contributed by atoms with van der Waals surface area (Å²) in [6.45, 7) is 2.05. The lowest BCUT2D eigenvalue weighted by atomic mass is 10.1. The Morgan fingerprint density at radius 3 is 2.39 bits per heavy atom. The molecule has 3 aromatic carbocycles. The average Bonchev–Trinajstić information content (AvgIpc) is 3.07. The molecule has 1 heterocycles. The molecule has 0 bridgehead atoms. The molecular weight excluding hydrogens is 350 g/mol. The van der Waals surface area contributed by atoms with E-state index in [9.17, 15) is 4.79 Å². The second-order valence-corrected chi connectivity index (χ2v) is 6.57. The van der Waals surface area contributed by atoms with Crippen molar-refractivity contribution in [2.75, 3.05) is 17.7 Å². The molecule has 0 spiro atoms. The second kappa shape index (κ2) is 7.48. The maximum atomic E-state index is 12.7. The van der Waals surface area contributed by atoms with Crippen molar-refractivity contribution in [2.24, 2.45) is 0 Å². The van der Waals surface area contributed by atoms with Gasteiger partial charge >= 0.3 is 6.03 Å². The summed E-state index contributed by atoms with van der Waals surface area (Å²) in [5.41, 5.74) is 5.38. The van der Waals surface area contributed by atoms with Crippen LogP contribution in [-0.2, 0) is 0 Å². The van der Waals surface area contributed by atoms with Crippen LogP contribution in [0.5, 0.6) is 5.75 Å². The lowest BCUT2D eigenvalue weighted by Gasteiger charge is -2.12. The monoisotopic (exact) mass is 371 g/mol. The normalized spacial score (nSPS) is 10.6. The molecule has 0 atom stereocenters. The number of ether oxygens (including phenoxy) is 1. The van der Waals surface area contributed by atoms with Gasteiger partial charge in [-0.1, -0.05) is 60.2 Å². The second-order valence-electron chi connectivity index (χ2n) is 6.57. The summed E-state index contributed by atoms with van der Waals surface area (Å²) in [7, 11) is 1.58. The zero-order chi connectivity index (χ0) is 19.5. The highest BCUT2D eigenvalue weighted by atomic mass is 16.5. The maximum absolute atomic E-state index is 12.7. The van der Waals surface area contributed by atoms with Gasteiger partial charge in [-0.2, -0.15) is 0 Å². The number of urea groups is 1. The number of methoxy groups -OCH3 is 1. The summed E-state index contributed by atoms with van der Waals surface area (Å²) in [6.07, 6.45) is 0. The quantitative estimate of drug-likeness (QED) is 0.425. The molecule has 4 aromatic rings. The molecule has 1 aromatic heterocycles. The van der Waals surface area contributed by atoms with Crippen molar-refractivity contribution in [3.63, 3.8) is 0 Å². The van der Waals surface area contributed by atoms with Gasteiger partial charge in [0, 0.05) is 16.5 Å². The fourth-order valence-corrected chi connectivity index (χ4v) is 3.22. The number of hydrogen-bond acceptors (Lipinski definition) is 2. The molecular formula is C23H21N3O2. The number of fused-ring (bicyclic) bond motifs is 1. The molecule has 0 unspecified atom stereocenters. The van der Waals surface area contributed by atoms with Gasteiger partial charge in [0.2, 0.25) is 0 Å². The van der Waals surface area contributed by atoms with Crippen LogP contribution in [0.1, 0.15) is 5.56 Å². The minimum absolute atomic E-state index is 0.331. The minimum atomic E-state index is -0.331. The van der Waals surface area contributed by atoms with Crippen molar-refractivity contribution in [1.82, 2.24) is 4.98 Å². The Kier molecular flexibility index (Phi) is 4.72. The van der Waals surface area contributed by atoms with Crippen molar-refractivity contribution in [3.05, 3.63) is 78.4 Å². The van der Waals surface area contributed by atoms with Crippen molar-refractivity contribution in [2.45, 2.75) is 6.92 Å². The van der Waals surface area contributed by atoms with E-state index >= 15 is 0 Å². The molecule has 0 aliphatic heterocycles. The molecule has 0 radical (unpaired) electrons. The van der Waals surface area contributed by atoms with Crippen LogP contribution in [0.15, 0.2) is 72.8 Å². The third kappa shape index (κ3) is 3.42. The number of rotatable bonds is 4. The van der Waals surface area contributed by atoms with Gasteiger partial charge in [-0.05, 0) is 25.1 Å². The van der Waals surface area contributed by atoms with E-state index in [1.807, 2.05) is 48.5 Å². The summed E-state index contributed by atoms with van der Waals surface area (Å²) in [4.78, 5) is 16.2. The number of para-hydroxylation sites is 3. The van der Waals surface area contributed by atoms with Gasteiger partial charge in [-0.3, -0.25) is 0 Å². The Balaban J connectivity index is 1.70. The van der Waals surface area contributed by atoms with Gasteiger partial charge in [-0.15, -0.1) is 0 Å². The van der Waals surface area contributed by atoms with Crippen LogP contribution >= 0.6 is 0 Å². The van der Waals surface area contributed by atoms with Crippen molar-refractivity contribution in [1.29, 1.82) is 0 Å². The highest BCUT2D eigenvalue weighted by Gasteiger charge is 2.16. The Hall–Kier alpha value is -3.73. The molecule has 0 fully saturated rings. The SMILES string of the molecule is COc1ccccc1NC(=O)Nc1c(-c2ccc(C)cc2)[nH]c2ccccc12. The van der Waals surface area contributed by atoms with Crippen molar-refractivity contribution < 1.29 is 9.53 Å². The van der Waals surface area contributed by atoms with Crippen LogP contribution < -0.4 is 15.4 Å². The number of nitrogens with one attached hydrogen (secondary N) is 3. The lowest BCUT2D eigenvalue weighted by Crippen LogP contribution is -2.20. The molecule has 4 rings (SSSR count). The van der Waals surface area contributed by atoms with Crippen LogP contribution in [0.4, 0.5) is 16.2 Å². The molecule has 28 heavy (non-hydrogen) atoms. The fraction of sp³-hybridized carbons (Fsp3) is 0.0870. The summed E-state index contributed by atoms with van der Waals surface area (Å²) in [6, 6.07) is 23.1. The Morgan fingerprint density at radius 1 is 0.893 bits per heavy atom. The number of carbonyl (C=O) groups is 1. The van der Waals surface area contributed by atoms with Gasteiger partial charge < -0.3 is 20.4 Å². The van der Waals surface area contributed by atoms with Gasteiger partial charge in [0.05, 0.1) is 24.2 Å².